The second-order valence-electron chi connectivity index (χ2n) is 4.46. The maximum atomic E-state index is 11.6. The number of amides is 1. The molecule has 4 nitrogen and oxygen atoms in total. The number of nitrogens with one attached hydrogen (secondary N) is 1. The Labute approximate surface area is 122 Å². The van der Waals surface area contributed by atoms with Gasteiger partial charge in [0.2, 0.25) is 0 Å². The Morgan fingerprint density at radius 1 is 1.53 bits per heavy atom. The Morgan fingerprint density at radius 3 is 2.89 bits per heavy atom. The first-order chi connectivity index (χ1) is 9.06. The third-order valence-corrected chi connectivity index (χ3v) is 3.46. The van der Waals surface area contributed by atoms with Crippen LogP contribution in [0.1, 0.15) is 32.3 Å². The molecule has 0 radical (unpaired) electrons. The van der Waals surface area contributed by atoms with E-state index in [0.29, 0.717) is 5.75 Å². The molecule has 1 atom stereocenters. The van der Waals surface area contributed by atoms with Crippen LogP contribution in [-0.4, -0.2) is 23.7 Å². The molecule has 0 fully saturated rings. The van der Waals surface area contributed by atoms with Crippen LogP contribution in [0.25, 0.3) is 0 Å². The lowest BCUT2D eigenvalue weighted by atomic mass is 10.2. The minimum absolute atomic E-state index is 0.0133. The maximum absolute atomic E-state index is 11.6. The first-order valence-corrected chi connectivity index (χ1v) is 7.17. The van der Waals surface area contributed by atoms with Gasteiger partial charge < -0.3 is 15.2 Å². The monoisotopic (exact) mass is 329 g/mol. The lowest BCUT2D eigenvalue weighted by molar-refractivity contribution is -0.123. The Balaban J connectivity index is 2.46. The highest BCUT2D eigenvalue weighted by atomic mass is 79.9. The highest BCUT2D eigenvalue weighted by Crippen LogP contribution is 2.22. The number of aliphatic hydroxyl groups excluding tert-OH is 1. The largest absolute Gasteiger partial charge is 0.484 e. The van der Waals surface area contributed by atoms with E-state index in [1.165, 1.54) is 0 Å². The fourth-order valence-electron chi connectivity index (χ4n) is 1.73. The van der Waals surface area contributed by atoms with Crippen LogP contribution in [0.5, 0.6) is 5.75 Å². The van der Waals surface area contributed by atoms with Crippen molar-refractivity contribution >= 4 is 21.8 Å². The maximum Gasteiger partial charge on any atom is 0.258 e. The lowest BCUT2D eigenvalue weighted by Crippen LogP contribution is -2.35. The molecule has 0 saturated carbocycles. The number of benzene rings is 1. The summed E-state index contributed by atoms with van der Waals surface area (Å²) in [4.78, 5) is 11.6. The minimum Gasteiger partial charge on any atom is -0.484 e. The van der Waals surface area contributed by atoms with Gasteiger partial charge in [-0.05, 0) is 37.1 Å². The van der Waals surface area contributed by atoms with Crippen molar-refractivity contribution in [1.29, 1.82) is 0 Å². The summed E-state index contributed by atoms with van der Waals surface area (Å²) >= 11 is 3.33. The van der Waals surface area contributed by atoms with E-state index in [0.717, 1.165) is 22.9 Å². The summed E-state index contributed by atoms with van der Waals surface area (Å²) < 4.78 is 6.22. The molecule has 1 rings (SSSR count). The van der Waals surface area contributed by atoms with Crippen LogP contribution < -0.4 is 10.1 Å². The first-order valence-electron chi connectivity index (χ1n) is 6.38. The minimum atomic E-state index is -0.130. The summed E-state index contributed by atoms with van der Waals surface area (Å²) in [6.07, 6.45) is 1.99. The fourth-order valence-corrected chi connectivity index (χ4v) is 2.10. The van der Waals surface area contributed by atoms with Crippen molar-refractivity contribution < 1.29 is 14.6 Å². The number of carbonyl (C=O) groups is 1. The second kappa shape index (κ2) is 8.17. The number of ether oxygens (including phenoxy) is 1. The van der Waals surface area contributed by atoms with Crippen LogP contribution >= 0.6 is 15.9 Å². The van der Waals surface area contributed by atoms with E-state index in [2.05, 4.69) is 28.2 Å². The third-order valence-electron chi connectivity index (χ3n) is 2.69. The molecule has 0 bridgehead atoms. The molecule has 5 heteroatoms. The van der Waals surface area contributed by atoms with E-state index in [1.807, 2.05) is 6.92 Å². The van der Waals surface area contributed by atoms with Gasteiger partial charge in [-0.1, -0.05) is 29.3 Å². The van der Waals surface area contributed by atoms with Crippen molar-refractivity contribution in [2.45, 2.75) is 39.3 Å². The molecule has 0 spiro atoms. The molecule has 0 aliphatic heterocycles. The van der Waals surface area contributed by atoms with Gasteiger partial charge in [0, 0.05) is 10.5 Å². The van der Waals surface area contributed by atoms with Gasteiger partial charge in [0.25, 0.3) is 5.91 Å². The molecule has 2 N–H and O–H groups in total. The number of hydrogen-bond donors (Lipinski definition) is 2. The van der Waals surface area contributed by atoms with Crippen LogP contribution in [0.2, 0.25) is 0 Å². The quantitative estimate of drug-likeness (QED) is 0.808. The van der Waals surface area contributed by atoms with Gasteiger partial charge in [-0.2, -0.15) is 0 Å². The Morgan fingerprint density at radius 2 is 2.26 bits per heavy atom. The fraction of sp³-hybridized carbons (Fsp3) is 0.500. The van der Waals surface area contributed by atoms with Gasteiger partial charge in [0.15, 0.2) is 6.61 Å². The Hall–Kier alpha value is -1.07. The van der Waals surface area contributed by atoms with E-state index in [9.17, 15) is 4.79 Å². The van der Waals surface area contributed by atoms with Crippen LogP contribution in [0, 0.1) is 0 Å². The van der Waals surface area contributed by atoms with Crippen molar-refractivity contribution in [2.24, 2.45) is 0 Å². The zero-order valence-corrected chi connectivity index (χ0v) is 12.9. The Bertz CT molecular complexity index is 423. The summed E-state index contributed by atoms with van der Waals surface area (Å²) in [6, 6.07) is 5.43. The molecule has 106 valence electrons. The van der Waals surface area contributed by atoms with E-state index in [-0.39, 0.29) is 25.2 Å². The standard InChI is InChI=1S/C14H20BrNO3/c1-3-4-10(2)16-14(18)9-19-12-5-6-13(15)11(7-12)8-17/h5-7,10,17H,3-4,8-9H2,1-2H3,(H,16,18). The summed E-state index contributed by atoms with van der Waals surface area (Å²) in [5, 5.41) is 12.0. The van der Waals surface area contributed by atoms with Gasteiger partial charge in [0.1, 0.15) is 5.75 Å². The topological polar surface area (TPSA) is 58.6 Å². The Kier molecular flexibility index (Phi) is 6.87. The molecule has 0 aliphatic carbocycles. The zero-order valence-electron chi connectivity index (χ0n) is 11.3. The summed E-state index contributed by atoms with van der Waals surface area (Å²) in [7, 11) is 0. The first kappa shape index (κ1) is 16.0. The van der Waals surface area contributed by atoms with Crippen molar-refractivity contribution in [3.8, 4) is 5.75 Å². The third kappa shape index (κ3) is 5.61. The van der Waals surface area contributed by atoms with Crippen molar-refractivity contribution in [2.75, 3.05) is 6.61 Å². The molecule has 1 unspecified atom stereocenters. The molecule has 1 aromatic rings. The average molecular weight is 330 g/mol. The highest BCUT2D eigenvalue weighted by molar-refractivity contribution is 9.10. The van der Waals surface area contributed by atoms with Crippen molar-refractivity contribution in [3.63, 3.8) is 0 Å². The highest BCUT2D eigenvalue weighted by Gasteiger charge is 2.08. The van der Waals surface area contributed by atoms with E-state index < -0.39 is 0 Å². The van der Waals surface area contributed by atoms with Gasteiger partial charge in [-0.25, -0.2) is 0 Å². The van der Waals surface area contributed by atoms with Crippen molar-refractivity contribution in [1.82, 2.24) is 5.32 Å². The number of carbonyl (C=O) groups excluding carboxylic acids is 1. The number of aliphatic hydroxyl groups is 1. The predicted molar refractivity (Wildman–Crippen MR) is 78.1 cm³/mol. The molecular weight excluding hydrogens is 310 g/mol. The van der Waals surface area contributed by atoms with Crippen LogP contribution in [0.4, 0.5) is 0 Å². The second-order valence-corrected chi connectivity index (χ2v) is 5.31. The van der Waals surface area contributed by atoms with Crippen molar-refractivity contribution in [3.05, 3.63) is 28.2 Å². The summed E-state index contributed by atoms with van der Waals surface area (Å²) in [6.45, 7) is 3.97. The molecule has 0 aliphatic rings. The lowest BCUT2D eigenvalue weighted by Gasteiger charge is -2.13. The van der Waals surface area contributed by atoms with Crippen LogP contribution in [-0.2, 0) is 11.4 Å². The van der Waals surface area contributed by atoms with Crippen LogP contribution in [0.3, 0.4) is 0 Å². The summed E-state index contributed by atoms with van der Waals surface area (Å²) in [5.41, 5.74) is 0.734. The molecule has 0 heterocycles. The molecule has 1 amide bonds. The van der Waals surface area contributed by atoms with Gasteiger partial charge in [-0.15, -0.1) is 0 Å². The normalized spacial score (nSPS) is 12.0. The van der Waals surface area contributed by atoms with Gasteiger partial charge in [0.05, 0.1) is 6.61 Å². The molecule has 1 aromatic carbocycles. The molecular formula is C14H20BrNO3. The predicted octanol–water partition coefficient (Wildman–Crippen LogP) is 2.63. The molecule has 0 aromatic heterocycles. The van der Waals surface area contributed by atoms with E-state index in [4.69, 9.17) is 9.84 Å². The van der Waals surface area contributed by atoms with Gasteiger partial charge in [-0.3, -0.25) is 4.79 Å². The average Bonchev–Trinajstić information content (AvgIpc) is 2.38. The van der Waals surface area contributed by atoms with E-state index in [1.54, 1.807) is 18.2 Å². The molecule has 19 heavy (non-hydrogen) atoms. The van der Waals surface area contributed by atoms with E-state index >= 15 is 0 Å². The SMILES string of the molecule is CCCC(C)NC(=O)COc1ccc(Br)c(CO)c1. The summed E-state index contributed by atoms with van der Waals surface area (Å²) in [5.74, 6) is 0.444. The zero-order chi connectivity index (χ0) is 14.3. The van der Waals surface area contributed by atoms with Crippen LogP contribution in [0.15, 0.2) is 22.7 Å². The molecule has 0 saturated heterocycles. The number of halogens is 1. The van der Waals surface area contributed by atoms with Gasteiger partial charge >= 0.3 is 0 Å². The number of rotatable bonds is 7. The number of hydrogen-bond acceptors (Lipinski definition) is 3. The smallest absolute Gasteiger partial charge is 0.258 e.